The molecular formula is C20H15N3O3. The molecule has 6 heteroatoms. The number of nitrogens with zero attached hydrogens (tertiary/aromatic N) is 3. The Hall–Kier alpha value is -2.89. The van der Waals surface area contributed by atoms with Crippen molar-refractivity contribution >= 4 is 32.3 Å². The minimum absolute atomic E-state index is 0.492. The number of hydrogen-bond donors (Lipinski definition) is 3. The molecule has 0 heterocycles. The van der Waals surface area contributed by atoms with Gasteiger partial charge in [-0.3, -0.25) is 0 Å². The van der Waals surface area contributed by atoms with Crippen molar-refractivity contribution in [2.24, 2.45) is 5.11 Å². The van der Waals surface area contributed by atoms with Gasteiger partial charge in [-0.1, -0.05) is 47.6 Å². The maximum absolute atomic E-state index is 10.5. The summed E-state index contributed by atoms with van der Waals surface area (Å²) in [6.07, 6.45) is -4.02. The van der Waals surface area contributed by atoms with E-state index in [0.717, 1.165) is 32.3 Å². The molecule has 1 aliphatic carbocycles. The molecule has 6 nitrogen and oxygen atoms in total. The second-order valence-corrected chi connectivity index (χ2v) is 6.81. The van der Waals surface area contributed by atoms with Crippen LogP contribution >= 0.6 is 0 Å². The Balaban J connectivity index is 2.00. The molecule has 26 heavy (non-hydrogen) atoms. The van der Waals surface area contributed by atoms with Gasteiger partial charge in [0.2, 0.25) is 0 Å². The SMILES string of the molecule is [N-]=[N+]=N[C@@H]1c2c(cc3ccc4cccc5ccc2c3c45)[C@@H](O)[C@H](O)[C@@H]1O. The van der Waals surface area contributed by atoms with Gasteiger partial charge in [-0.05, 0) is 55.0 Å². The number of aliphatic hydroxyl groups is 3. The number of fused-ring (bicyclic) bond motifs is 2. The summed E-state index contributed by atoms with van der Waals surface area (Å²) in [5.74, 6) is 0. The Labute approximate surface area is 147 Å². The Kier molecular flexibility index (Phi) is 3.13. The highest BCUT2D eigenvalue weighted by Crippen LogP contribution is 2.46. The van der Waals surface area contributed by atoms with Crippen LogP contribution in [0.3, 0.4) is 0 Å². The fourth-order valence-corrected chi connectivity index (χ4v) is 4.34. The van der Waals surface area contributed by atoms with E-state index in [4.69, 9.17) is 5.53 Å². The lowest BCUT2D eigenvalue weighted by Gasteiger charge is -2.36. The molecule has 0 aliphatic heterocycles. The van der Waals surface area contributed by atoms with Crippen LogP contribution in [0.1, 0.15) is 23.3 Å². The summed E-state index contributed by atoms with van der Waals surface area (Å²) >= 11 is 0. The normalized spacial score (nSPS) is 25.5. The first kappa shape index (κ1) is 15.4. The lowest BCUT2D eigenvalue weighted by atomic mass is 9.77. The van der Waals surface area contributed by atoms with Crippen molar-refractivity contribution in [3.63, 3.8) is 0 Å². The molecule has 0 fully saturated rings. The van der Waals surface area contributed by atoms with E-state index in [1.807, 2.05) is 48.5 Å². The number of azide groups is 1. The summed E-state index contributed by atoms with van der Waals surface area (Å²) in [5.41, 5.74) is 10.0. The van der Waals surface area contributed by atoms with Gasteiger partial charge >= 0.3 is 0 Å². The highest BCUT2D eigenvalue weighted by Gasteiger charge is 2.41. The first-order chi connectivity index (χ1) is 12.6. The Morgan fingerprint density at radius 2 is 1.54 bits per heavy atom. The summed E-state index contributed by atoms with van der Waals surface area (Å²) in [6, 6.07) is 14.9. The molecule has 0 radical (unpaired) electrons. The highest BCUT2D eigenvalue weighted by molar-refractivity contribution is 6.23. The van der Waals surface area contributed by atoms with E-state index in [0.29, 0.717) is 11.1 Å². The Morgan fingerprint density at radius 1 is 0.846 bits per heavy atom. The molecule has 1 aliphatic rings. The van der Waals surface area contributed by atoms with E-state index in [9.17, 15) is 15.3 Å². The van der Waals surface area contributed by atoms with Crippen LogP contribution < -0.4 is 0 Å². The summed E-state index contributed by atoms with van der Waals surface area (Å²) in [6.45, 7) is 0. The van der Waals surface area contributed by atoms with Crippen LogP contribution in [-0.2, 0) is 0 Å². The first-order valence-electron chi connectivity index (χ1n) is 8.40. The fourth-order valence-electron chi connectivity index (χ4n) is 4.34. The molecule has 0 bridgehead atoms. The van der Waals surface area contributed by atoms with Crippen LogP contribution in [0.4, 0.5) is 0 Å². The molecule has 4 aromatic carbocycles. The van der Waals surface area contributed by atoms with Gasteiger partial charge in [0.25, 0.3) is 0 Å². The Bertz CT molecular complexity index is 1200. The van der Waals surface area contributed by atoms with Gasteiger partial charge in [-0.15, -0.1) is 0 Å². The molecule has 0 aromatic heterocycles. The predicted molar refractivity (Wildman–Crippen MR) is 99.0 cm³/mol. The van der Waals surface area contributed by atoms with Crippen LogP contribution in [0, 0.1) is 0 Å². The molecule has 5 rings (SSSR count). The lowest BCUT2D eigenvalue weighted by molar-refractivity contribution is -0.0792. The number of rotatable bonds is 1. The minimum Gasteiger partial charge on any atom is -0.390 e. The molecule has 0 spiro atoms. The van der Waals surface area contributed by atoms with Crippen molar-refractivity contribution in [3.05, 3.63) is 70.1 Å². The van der Waals surface area contributed by atoms with Gasteiger partial charge in [0.05, 0.1) is 12.1 Å². The van der Waals surface area contributed by atoms with Crippen LogP contribution in [0.15, 0.2) is 53.6 Å². The average Bonchev–Trinajstić information content (AvgIpc) is 2.67. The molecule has 0 unspecified atom stereocenters. The summed E-state index contributed by atoms with van der Waals surface area (Å²) in [5, 5.41) is 40.9. The minimum atomic E-state index is -1.41. The van der Waals surface area contributed by atoms with Crippen LogP contribution in [0.2, 0.25) is 0 Å². The molecule has 0 saturated carbocycles. The smallest absolute Gasteiger partial charge is 0.111 e. The van der Waals surface area contributed by atoms with Crippen molar-refractivity contribution in [3.8, 4) is 0 Å². The lowest BCUT2D eigenvalue weighted by Crippen LogP contribution is -2.41. The van der Waals surface area contributed by atoms with Gasteiger partial charge in [-0.25, -0.2) is 0 Å². The zero-order valence-electron chi connectivity index (χ0n) is 13.6. The van der Waals surface area contributed by atoms with E-state index in [2.05, 4.69) is 10.0 Å². The zero-order chi connectivity index (χ0) is 18.0. The third-order valence-corrected chi connectivity index (χ3v) is 5.51. The topological polar surface area (TPSA) is 109 Å². The molecule has 0 amide bonds. The maximum atomic E-state index is 10.5. The van der Waals surface area contributed by atoms with Crippen molar-refractivity contribution in [1.29, 1.82) is 0 Å². The molecule has 4 aromatic rings. The molecular weight excluding hydrogens is 330 g/mol. The van der Waals surface area contributed by atoms with E-state index in [1.54, 1.807) is 0 Å². The van der Waals surface area contributed by atoms with Gasteiger partial charge in [0, 0.05) is 4.91 Å². The largest absolute Gasteiger partial charge is 0.390 e. The maximum Gasteiger partial charge on any atom is 0.111 e. The van der Waals surface area contributed by atoms with Crippen molar-refractivity contribution < 1.29 is 15.3 Å². The number of benzene rings is 4. The number of hydrogen-bond acceptors (Lipinski definition) is 4. The summed E-state index contributed by atoms with van der Waals surface area (Å²) in [4.78, 5) is 2.85. The zero-order valence-corrected chi connectivity index (χ0v) is 13.6. The van der Waals surface area contributed by atoms with Gasteiger partial charge in [0.1, 0.15) is 12.2 Å². The van der Waals surface area contributed by atoms with Crippen molar-refractivity contribution in [2.45, 2.75) is 24.4 Å². The van der Waals surface area contributed by atoms with Gasteiger partial charge in [0.15, 0.2) is 0 Å². The first-order valence-corrected chi connectivity index (χ1v) is 8.40. The van der Waals surface area contributed by atoms with E-state index in [1.165, 1.54) is 0 Å². The summed E-state index contributed by atoms with van der Waals surface area (Å²) < 4.78 is 0. The van der Waals surface area contributed by atoms with Gasteiger partial charge in [-0.2, -0.15) is 0 Å². The predicted octanol–water partition coefficient (Wildman–Crippen LogP) is 3.70. The molecule has 3 N–H and O–H groups in total. The van der Waals surface area contributed by atoms with Crippen LogP contribution in [-0.4, -0.2) is 27.5 Å². The highest BCUT2D eigenvalue weighted by atomic mass is 16.4. The fraction of sp³-hybridized carbons (Fsp3) is 0.200. The standard InChI is InChI=1S/C20H15N3O3/c21-23-22-17-16-12-7-6-10-3-1-2-9-4-5-11(15(12)14(9)10)8-13(16)18(24)20(26)19(17)25/h1-8,17-20,24-26H/t17-,18-,19-,20+/m1/s1. The van der Waals surface area contributed by atoms with E-state index < -0.39 is 24.4 Å². The number of aliphatic hydroxyl groups excluding tert-OH is 3. The molecule has 4 atom stereocenters. The monoisotopic (exact) mass is 345 g/mol. The third-order valence-electron chi connectivity index (χ3n) is 5.51. The van der Waals surface area contributed by atoms with Gasteiger partial charge < -0.3 is 15.3 Å². The van der Waals surface area contributed by atoms with E-state index in [-0.39, 0.29) is 0 Å². The second-order valence-electron chi connectivity index (χ2n) is 6.81. The third kappa shape index (κ3) is 1.84. The molecule has 128 valence electrons. The quantitative estimate of drug-likeness (QED) is 0.212. The molecule has 0 saturated heterocycles. The second kappa shape index (κ2) is 5.30. The van der Waals surface area contributed by atoms with Crippen LogP contribution in [0.5, 0.6) is 0 Å². The van der Waals surface area contributed by atoms with E-state index >= 15 is 0 Å². The van der Waals surface area contributed by atoms with Crippen molar-refractivity contribution in [1.82, 2.24) is 0 Å². The summed E-state index contributed by atoms with van der Waals surface area (Å²) in [7, 11) is 0. The Morgan fingerprint density at radius 3 is 2.27 bits per heavy atom. The van der Waals surface area contributed by atoms with Crippen molar-refractivity contribution in [2.75, 3.05) is 0 Å². The van der Waals surface area contributed by atoms with Crippen LogP contribution in [0.25, 0.3) is 42.8 Å². The average molecular weight is 345 g/mol.